The van der Waals surface area contributed by atoms with Crippen molar-refractivity contribution < 1.29 is 9.53 Å². The highest BCUT2D eigenvalue weighted by molar-refractivity contribution is 5.99. The van der Waals surface area contributed by atoms with E-state index in [0.29, 0.717) is 17.5 Å². The van der Waals surface area contributed by atoms with Gasteiger partial charge in [-0.05, 0) is 57.0 Å². The van der Waals surface area contributed by atoms with Crippen LogP contribution in [0, 0.1) is 0 Å². The summed E-state index contributed by atoms with van der Waals surface area (Å²) in [4.78, 5) is 17.0. The first-order chi connectivity index (χ1) is 15.2. The third-order valence-corrected chi connectivity index (χ3v) is 6.09. The number of hydrogen-bond donors (Lipinski definition) is 2. The maximum absolute atomic E-state index is 12.9. The van der Waals surface area contributed by atoms with E-state index >= 15 is 0 Å². The normalized spacial score (nSPS) is 19.0. The van der Waals surface area contributed by atoms with Gasteiger partial charge in [-0.15, -0.1) is 0 Å². The highest BCUT2D eigenvalue weighted by Gasteiger charge is 2.23. The number of carbonyl (C=O) groups is 1. The Morgan fingerprint density at radius 1 is 1.16 bits per heavy atom. The molecule has 0 bridgehead atoms. The Bertz CT molecular complexity index is 1240. The second-order valence-electron chi connectivity index (χ2n) is 7.90. The van der Waals surface area contributed by atoms with Gasteiger partial charge in [0, 0.05) is 23.8 Å². The molecule has 1 amide bonds. The number of fused-ring (bicyclic) bond motifs is 2. The van der Waals surface area contributed by atoms with E-state index in [1.807, 2.05) is 31.3 Å². The summed E-state index contributed by atoms with van der Waals surface area (Å²) in [6, 6.07) is 8.15. The zero-order valence-electron chi connectivity index (χ0n) is 17.6. The first-order valence-corrected chi connectivity index (χ1v) is 10.5. The van der Waals surface area contributed by atoms with E-state index in [4.69, 9.17) is 4.74 Å². The minimum absolute atomic E-state index is 0.0633. The summed E-state index contributed by atoms with van der Waals surface area (Å²) >= 11 is 0. The molecule has 2 N–H and O–H groups in total. The molecule has 0 atom stereocenters. The predicted molar refractivity (Wildman–Crippen MR) is 117 cm³/mol. The molecule has 160 valence electrons. The van der Waals surface area contributed by atoms with Crippen molar-refractivity contribution in [2.75, 3.05) is 14.2 Å². The van der Waals surface area contributed by atoms with Crippen LogP contribution in [0.3, 0.4) is 0 Å². The number of amides is 1. The van der Waals surface area contributed by atoms with Gasteiger partial charge >= 0.3 is 0 Å². The Hall–Kier alpha value is -3.46. The van der Waals surface area contributed by atoms with Crippen LogP contribution in [0.15, 0.2) is 43.0 Å². The van der Waals surface area contributed by atoms with Gasteiger partial charge in [0.25, 0.3) is 5.91 Å². The number of carbonyl (C=O) groups excluding carboxylic acids is 1. The fourth-order valence-corrected chi connectivity index (χ4v) is 4.35. The van der Waals surface area contributed by atoms with E-state index in [9.17, 15) is 4.79 Å². The fourth-order valence-electron chi connectivity index (χ4n) is 4.35. The van der Waals surface area contributed by atoms with Gasteiger partial charge in [0.2, 0.25) is 5.88 Å². The molecule has 5 rings (SSSR count). The number of ether oxygens (including phenoxy) is 1. The first kappa shape index (κ1) is 19.5. The van der Waals surface area contributed by atoms with Gasteiger partial charge in [-0.25, -0.2) is 9.50 Å². The lowest BCUT2D eigenvalue weighted by Crippen LogP contribution is -2.41. The van der Waals surface area contributed by atoms with Crippen LogP contribution in [0.2, 0.25) is 0 Å². The molecule has 1 saturated carbocycles. The highest BCUT2D eigenvalue weighted by atomic mass is 16.5. The highest BCUT2D eigenvalue weighted by Crippen LogP contribution is 2.31. The molecule has 31 heavy (non-hydrogen) atoms. The van der Waals surface area contributed by atoms with E-state index < -0.39 is 0 Å². The second kappa shape index (κ2) is 7.99. The standard InChI is InChI=1S/C22H25N7O2/c1-23-15-4-6-16(7-5-15)26-21(30)14-3-8-18-17(11-14)22(31-2)29(27-18)20-12-25-28-13-24-10-9-19(20)28/h3,8-13,15-16,23H,4-7H2,1-2H3,(H,26,30). The molecule has 0 aliphatic heterocycles. The molecule has 0 spiro atoms. The van der Waals surface area contributed by atoms with Crippen LogP contribution in [0.1, 0.15) is 36.0 Å². The van der Waals surface area contributed by atoms with Crippen molar-refractivity contribution in [3.05, 3.63) is 48.5 Å². The minimum Gasteiger partial charge on any atom is -0.480 e. The van der Waals surface area contributed by atoms with Crippen LogP contribution in [-0.4, -0.2) is 56.5 Å². The first-order valence-electron chi connectivity index (χ1n) is 10.5. The summed E-state index contributed by atoms with van der Waals surface area (Å²) in [5.41, 5.74) is 2.99. The SMILES string of the molecule is CNC1CCC(NC(=O)c2ccc3nn(-c4cnn5cnccc45)c(OC)c3c2)CC1. The Labute approximate surface area is 179 Å². The lowest BCUT2D eigenvalue weighted by molar-refractivity contribution is 0.0925. The van der Waals surface area contributed by atoms with Crippen molar-refractivity contribution in [3.63, 3.8) is 0 Å². The van der Waals surface area contributed by atoms with E-state index in [2.05, 4.69) is 25.8 Å². The van der Waals surface area contributed by atoms with E-state index in [1.54, 1.807) is 35.0 Å². The van der Waals surface area contributed by atoms with E-state index in [0.717, 1.165) is 47.8 Å². The molecule has 1 aromatic carbocycles. The Morgan fingerprint density at radius 3 is 2.74 bits per heavy atom. The predicted octanol–water partition coefficient (Wildman–Crippen LogP) is 2.34. The lowest BCUT2D eigenvalue weighted by atomic mass is 9.91. The van der Waals surface area contributed by atoms with Crippen molar-refractivity contribution in [2.24, 2.45) is 0 Å². The van der Waals surface area contributed by atoms with Gasteiger partial charge in [-0.2, -0.15) is 14.9 Å². The van der Waals surface area contributed by atoms with E-state index in [1.165, 1.54) is 0 Å². The number of methoxy groups -OCH3 is 1. The summed E-state index contributed by atoms with van der Waals surface area (Å²) < 4.78 is 9.09. The molecule has 0 saturated heterocycles. The Balaban J connectivity index is 1.45. The van der Waals surface area contributed by atoms with Crippen molar-refractivity contribution in [3.8, 4) is 11.6 Å². The molecule has 4 aromatic rings. The Kier molecular flexibility index (Phi) is 5.03. The van der Waals surface area contributed by atoms with Gasteiger partial charge in [0.05, 0.1) is 29.7 Å². The number of benzene rings is 1. The molecule has 9 heteroatoms. The monoisotopic (exact) mass is 419 g/mol. The number of hydrogen-bond acceptors (Lipinski definition) is 6. The van der Waals surface area contributed by atoms with E-state index in [-0.39, 0.29) is 11.9 Å². The molecule has 1 aliphatic rings. The van der Waals surface area contributed by atoms with Crippen LogP contribution in [0.5, 0.6) is 5.88 Å². The molecular weight excluding hydrogens is 394 g/mol. The average Bonchev–Trinajstić information content (AvgIpc) is 3.39. The maximum atomic E-state index is 12.9. The number of rotatable bonds is 5. The van der Waals surface area contributed by atoms with Crippen LogP contribution in [0.4, 0.5) is 0 Å². The molecule has 0 unspecified atom stereocenters. The van der Waals surface area contributed by atoms with Crippen LogP contribution in [-0.2, 0) is 0 Å². The molecule has 1 aliphatic carbocycles. The van der Waals surface area contributed by atoms with Crippen molar-refractivity contribution >= 4 is 22.3 Å². The van der Waals surface area contributed by atoms with Crippen molar-refractivity contribution in [1.82, 2.24) is 35.0 Å². The van der Waals surface area contributed by atoms with Gasteiger partial charge < -0.3 is 15.4 Å². The molecular formula is C22H25N7O2. The molecule has 3 heterocycles. The molecule has 1 fully saturated rings. The van der Waals surface area contributed by atoms with Crippen LogP contribution in [0.25, 0.3) is 22.1 Å². The summed E-state index contributed by atoms with van der Waals surface area (Å²) in [6.45, 7) is 0. The average molecular weight is 419 g/mol. The smallest absolute Gasteiger partial charge is 0.251 e. The minimum atomic E-state index is -0.0633. The largest absolute Gasteiger partial charge is 0.480 e. The number of nitrogens with zero attached hydrogens (tertiary/aromatic N) is 5. The van der Waals surface area contributed by atoms with Gasteiger partial charge in [0.15, 0.2) is 0 Å². The van der Waals surface area contributed by atoms with Gasteiger partial charge in [-0.1, -0.05) is 0 Å². The maximum Gasteiger partial charge on any atom is 0.251 e. The van der Waals surface area contributed by atoms with Crippen LogP contribution >= 0.6 is 0 Å². The zero-order chi connectivity index (χ0) is 21.4. The summed E-state index contributed by atoms with van der Waals surface area (Å²) in [7, 11) is 3.60. The van der Waals surface area contributed by atoms with Crippen molar-refractivity contribution in [1.29, 1.82) is 0 Å². The number of nitrogens with one attached hydrogen (secondary N) is 2. The quantitative estimate of drug-likeness (QED) is 0.515. The molecule has 0 radical (unpaired) electrons. The van der Waals surface area contributed by atoms with Gasteiger partial charge in [0.1, 0.15) is 12.0 Å². The third kappa shape index (κ3) is 3.50. The topological polar surface area (TPSA) is 98.4 Å². The Morgan fingerprint density at radius 2 is 1.97 bits per heavy atom. The summed E-state index contributed by atoms with van der Waals surface area (Å²) in [6.07, 6.45) is 9.21. The zero-order valence-corrected chi connectivity index (χ0v) is 17.6. The van der Waals surface area contributed by atoms with Crippen LogP contribution < -0.4 is 15.4 Å². The molecule has 3 aromatic heterocycles. The summed E-state index contributed by atoms with van der Waals surface area (Å²) in [5.74, 6) is 0.498. The molecule has 9 nitrogen and oxygen atoms in total. The summed E-state index contributed by atoms with van der Waals surface area (Å²) in [5, 5.41) is 16.3. The van der Waals surface area contributed by atoms with Crippen molar-refractivity contribution in [2.45, 2.75) is 37.8 Å². The second-order valence-corrected chi connectivity index (χ2v) is 7.90. The fraction of sp³-hybridized carbons (Fsp3) is 0.364. The van der Waals surface area contributed by atoms with Gasteiger partial charge in [-0.3, -0.25) is 4.79 Å². The number of aromatic nitrogens is 5. The third-order valence-electron chi connectivity index (χ3n) is 6.09. The lowest BCUT2D eigenvalue weighted by Gasteiger charge is -2.28.